The number of hydrogen-bond acceptors (Lipinski definition) is 4. The molecule has 3 aromatic carbocycles. The number of benzene rings is 3. The monoisotopic (exact) mass is 364 g/mol. The zero-order chi connectivity index (χ0) is 18.7. The Balaban J connectivity index is 1.71. The van der Waals surface area contributed by atoms with Gasteiger partial charge in [0.05, 0.1) is 19.8 Å². The fourth-order valence-electron chi connectivity index (χ4n) is 2.60. The lowest BCUT2D eigenvalue weighted by Crippen LogP contribution is -2.03. The Hall–Kier alpha value is -2.82. The molecule has 0 aliphatic heterocycles. The first-order chi connectivity index (χ1) is 13.3. The lowest BCUT2D eigenvalue weighted by atomic mass is 10.2. The normalized spacial score (nSPS) is 10.6. The molecule has 0 heterocycles. The average molecular weight is 364 g/mol. The van der Waals surface area contributed by atoms with Gasteiger partial charge in [0, 0.05) is 0 Å². The molecular weight excluding hydrogens is 340 g/mol. The Morgan fingerprint density at radius 3 is 1.78 bits per heavy atom. The smallest absolute Gasteiger partial charge is 0.162 e. The predicted molar refractivity (Wildman–Crippen MR) is 105 cm³/mol. The van der Waals surface area contributed by atoms with Gasteiger partial charge in [0.25, 0.3) is 0 Å². The van der Waals surface area contributed by atoms with Gasteiger partial charge in [-0.25, -0.2) is 0 Å². The van der Waals surface area contributed by atoms with Gasteiger partial charge in [0.15, 0.2) is 11.5 Å². The third-order valence-electron chi connectivity index (χ3n) is 3.99. The molecule has 0 atom stereocenters. The molecule has 0 radical (unpaired) electrons. The molecule has 27 heavy (non-hydrogen) atoms. The molecule has 0 bridgehead atoms. The molecule has 0 unspecified atom stereocenters. The van der Waals surface area contributed by atoms with Gasteiger partial charge in [-0.1, -0.05) is 66.7 Å². The van der Waals surface area contributed by atoms with E-state index in [1.807, 2.05) is 78.9 Å². The largest absolute Gasteiger partial charge is 0.485 e. The Bertz CT molecular complexity index is 803. The van der Waals surface area contributed by atoms with Crippen molar-refractivity contribution in [2.75, 3.05) is 13.2 Å². The molecule has 0 aliphatic carbocycles. The molecule has 0 amide bonds. The summed E-state index contributed by atoms with van der Waals surface area (Å²) in [6, 6.07) is 25.8. The molecule has 4 heteroatoms. The molecule has 3 aromatic rings. The Kier molecular flexibility index (Phi) is 7.27. The van der Waals surface area contributed by atoms with Crippen LogP contribution in [0.4, 0.5) is 0 Å². The third kappa shape index (κ3) is 6.13. The highest BCUT2D eigenvalue weighted by atomic mass is 16.5. The van der Waals surface area contributed by atoms with Crippen LogP contribution in [0.15, 0.2) is 78.9 Å². The van der Waals surface area contributed by atoms with Crippen LogP contribution in [0.25, 0.3) is 0 Å². The van der Waals surface area contributed by atoms with Crippen molar-refractivity contribution >= 4 is 0 Å². The number of rotatable bonds is 10. The van der Waals surface area contributed by atoms with Gasteiger partial charge in [-0.05, 0) is 28.8 Å². The maximum atomic E-state index is 8.86. The van der Waals surface area contributed by atoms with Gasteiger partial charge in [0.2, 0.25) is 0 Å². The van der Waals surface area contributed by atoms with Crippen LogP contribution in [0.2, 0.25) is 0 Å². The molecule has 3 rings (SSSR count). The van der Waals surface area contributed by atoms with E-state index < -0.39 is 0 Å². The maximum Gasteiger partial charge on any atom is 0.162 e. The van der Waals surface area contributed by atoms with Crippen LogP contribution in [0.5, 0.6) is 11.5 Å². The SMILES string of the molecule is OCCOCc1ccc(OCc2ccccc2)c(OCc2ccccc2)c1. The number of hydrogen-bond donors (Lipinski definition) is 1. The van der Waals surface area contributed by atoms with Crippen molar-refractivity contribution in [3.8, 4) is 11.5 Å². The molecule has 0 fully saturated rings. The first-order valence-corrected chi connectivity index (χ1v) is 9.00. The van der Waals surface area contributed by atoms with Crippen molar-refractivity contribution < 1.29 is 19.3 Å². The van der Waals surface area contributed by atoms with Gasteiger partial charge in [0.1, 0.15) is 13.2 Å². The Labute approximate surface area is 160 Å². The van der Waals surface area contributed by atoms with Gasteiger partial charge < -0.3 is 19.3 Å². The Morgan fingerprint density at radius 2 is 1.19 bits per heavy atom. The lowest BCUT2D eigenvalue weighted by Gasteiger charge is -2.15. The van der Waals surface area contributed by atoms with Crippen LogP contribution >= 0.6 is 0 Å². The summed E-state index contributed by atoms with van der Waals surface area (Å²) < 4.78 is 17.4. The molecule has 140 valence electrons. The minimum Gasteiger partial charge on any atom is -0.485 e. The topological polar surface area (TPSA) is 47.9 Å². The molecule has 4 nitrogen and oxygen atoms in total. The van der Waals surface area contributed by atoms with Crippen LogP contribution in [-0.2, 0) is 24.6 Å². The number of aliphatic hydroxyl groups excluding tert-OH is 1. The second-order valence-corrected chi connectivity index (χ2v) is 6.11. The summed E-state index contributed by atoms with van der Waals surface area (Å²) in [6.45, 7) is 1.68. The Morgan fingerprint density at radius 1 is 0.593 bits per heavy atom. The maximum absolute atomic E-state index is 8.86. The van der Waals surface area contributed by atoms with Crippen LogP contribution < -0.4 is 9.47 Å². The van der Waals surface area contributed by atoms with Gasteiger partial charge in [-0.2, -0.15) is 0 Å². The van der Waals surface area contributed by atoms with E-state index in [-0.39, 0.29) is 6.61 Å². The summed E-state index contributed by atoms with van der Waals surface area (Å²) in [5.41, 5.74) is 3.16. The average Bonchev–Trinajstić information content (AvgIpc) is 2.73. The van der Waals surface area contributed by atoms with Gasteiger partial charge in [-0.3, -0.25) is 0 Å². The molecule has 0 saturated carbocycles. The second-order valence-electron chi connectivity index (χ2n) is 6.11. The zero-order valence-electron chi connectivity index (χ0n) is 15.2. The van der Waals surface area contributed by atoms with E-state index in [0.29, 0.717) is 37.9 Å². The highest BCUT2D eigenvalue weighted by Crippen LogP contribution is 2.30. The zero-order valence-corrected chi connectivity index (χ0v) is 15.2. The second kappa shape index (κ2) is 10.4. The quantitative estimate of drug-likeness (QED) is 0.543. The van der Waals surface area contributed by atoms with E-state index in [0.717, 1.165) is 16.7 Å². The van der Waals surface area contributed by atoms with Crippen molar-refractivity contribution in [1.29, 1.82) is 0 Å². The van der Waals surface area contributed by atoms with Crippen LogP contribution in [0, 0.1) is 0 Å². The third-order valence-corrected chi connectivity index (χ3v) is 3.99. The summed E-state index contributed by atoms with van der Waals surface area (Å²) >= 11 is 0. The van der Waals surface area contributed by atoms with E-state index in [1.54, 1.807) is 0 Å². The molecule has 0 aromatic heterocycles. The number of aliphatic hydroxyl groups is 1. The molecular formula is C23H24O4. The summed E-state index contributed by atoms with van der Waals surface area (Å²) in [4.78, 5) is 0. The molecule has 0 aliphatic rings. The van der Waals surface area contributed by atoms with Crippen LogP contribution in [-0.4, -0.2) is 18.3 Å². The highest BCUT2D eigenvalue weighted by Gasteiger charge is 2.08. The standard InChI is InChI=1S/C23H24O4/c24-13-14-25-16-21-11-12-22(26-17-19-7-3-1-4-8-19)23(15-21)27-18-20-9-5-2-6-10-20/h1-12,15,24H,13-14,16-18H2. The van der Waals surface area contributed by atoms with Gasteiger partial charge in [-0.15, -0.1) is 0 Å². The van der Waals surface area contributed by atoms with Gasteiger partial charge >= 0.3 is 0 Å². The first-order valence-electron chi connectivity index (χ1n) is 9.00. The fourth-order valence-corrected chi connectivity index (χ4v) is 2.60. The minimum atomic E-state index is 0.00956. The summed E-state index contributed by atoms with van der Waals surface area (Å²) in [5, 5.41) is 8.86. The van der Waals surface area contributed by atoms with Crippen LogP contribution in [0.1, 0.15) is 16.7 Å². The van der Waals surface area contributed by atoms with Crippen molar-refractivity contribution in [2.24, 2.45) is 0 Å². The number of ether oxygens (including phenoxy) is 3. The van der Waals surface area contributed by atoms with E-state index in [2.05, 4.69) is 0 Å². The molecule has 0 saturated heterocycles. The van der Waals surface area contributed by atoms with Crippen molar-refractivity contribution in [1.82, 2.24) is 0 Å². The van der Waals surface area contributed by atoms with E-state index in [9.17, 15) is 0 Å². The molecule has 0 spiro atoms. The summed E-state index contributed by atoms with van der Waals surface area (Å²) in [5.74, 6) is 1.38. The highest BCUT2D eigenvalue weighted by molar-refractivity contribution is 5.43. The van der Waals surface area contributed by atoms with E-state index >= 15 is 0 Å². The van der Waals surface area contributed by atoms with E-state index in [1.165, 1.54) is 0 Å². The summed E-state index contributed by atoms with van der Waals surface area (Å²) in [6.07, 6.45) is 0. The summed E-state index contributed by atoms with van der Waals surface area (Å²) in [7, 11) is 0. The lowest BCUT2D eigenvalue weighted by molar-refractivity contribution is 0.0813. The van der Waals surface area contributed by atoms with Crippen molar-refractivity contribution in [3.05, 3.63) is 95.6 Å². The minimum absolute atomic E-state index is 0.00956. The van der Waals surface area contributed by atoms with Crippen molar-refractivity contribution in [2.45, 2.75) is 19.8 Å². The van der Waals surface area contributed by atoms with E-state index in [4.69, 9.17) is 19.3 Å². The van der Waals surface area contributed by atoms with Crippen molar-refractivity contribution in [3.63, 3.8) is 0 Å². The van der Waals surface area contributed by atoms with Crippen LogP contribution in [0.3, 0.4) is 0 Å². The fraction of sp³-hybridized carbons (Fsp3) is 0.217. The molecule has 1 N–H and O–H groups in total. The predicted octanol–water partition coefficient (Wildman–Crippen LogP) is 4.35. The first kappa shape index (κ1) is 19.0.